The molecule has 0 saturated carbocycles. The molecular formula is C12H14BrClN2O2. The molecule has 1 atom stereocenters. The fraction of sp³-hybridized carbons (Fsp3) is 0.417. The number of aromatic hydroxyl groups is 1. The Morgan fingerprint density at radius 3 is 2.83 bits per heavy atom. The molecule has 1 heterocycles. The monoisotopic (exact) mass is 332 g/mol. The topological polar surface area (TPSA) is 61.4 Å². The Morgan fingerprint density at radius 2 is 2.28 bits per heavy atom. The number of hydrogen-bond acceptors (Lipinski definition) is 3. The number of carbonyl (C=O) groups excluding carboxylic acids is 1. The molecule has 1 aliphatic rings. The summed E-state index contributed by atoms with van der Waals surface area (Å²) in [5, 5.41) is 16.3. The van der Waals surface area contributed by atoms with E-state index in [4.69, 9.17) is 11.6 Å². The molecule has 1 aromatic carbocycles. The van der Waals surface area contributed by atoms with Crippen LogP contribution in [0.3, 0.4) is 0 Å². The molecule has 0 unspecified atom stereocenters. The predicted molar refractivity (Wildman–Crippen MR) is 73.7 cm³/mol. The Bertz CT molecular complexity index is 477. The minimum atomic E-state index is -0.300. The van der Waals surface area contributed by atoms with Crippen molar-refractivity contribution < 1.29 is 9.90 Å². The Labute approximate surface area is 119 Å². The fourth-order valence-electron chi connectivity index (χ4n) is 1.85. The minimum absolute atomic E-state index is 0.00692. The third-order valence-corrected chi connectivity index (χ3v) is 4.45. The van der Waals surface area contributed by atoms with Crippen molar-refractivity contribution in [1.82, 2.24) is 10.6 Å². The van der Waals surface area contributed by atoms with Gasteiger partial charge >= 0.3 is 0 Å². The lowest BCUT2D eigenvalue weighted by Crippen LogP contribution is -2.51. The second-order valence-electron chi connectivity index (χ2n) is 4.38. The van der Waals surface area contributed by atoms with Crippen LogP contribution in [0.15, 0.2) is 16.6 Å². The predicted octanol–water partition coefficient (Wildman–Crippen LogP) is 2.20. The third-order valence-electron chi connectivity index (χ3n) is 3.05. The quantitative estimate of drug-likeness (QED) is 0.795. The first-order valence-electron chi connectivity index (χ1n) is 5.68. The molecule has 1 fully saturated rings. The lowest BCUT2D eigenvalue weighted by atomic mass is 10.0. The SMILES string of the molecule is C[C@H](NC(=O)C1CNC1)c1c(O)ccc(Cl)c1Br. The summed E-state index contributed by atoms with van der Waals surface area (Å²) in [5.41, 5.74) is 0.600. The number of rotatable bonds is 3. The highest BCUT2D eigenvalue weighted by molar-refractivity contribution is 9.10. The lowest BCUT2D eigenvalue weighted by molar-refractivity contribution is -0.127. The zero-order chi connectivity index (χ0) is 13.3. The molecule has 1 saturated heterocycles. The van der Waals surface area contributed by atoms with E-state index in [0.29, 0.717) is 28.1 Å². The maximum Gasteiger partial charge on any atom is 0.226 e. The molecule has 0 spiro atoms. The standard InChI is InChI=1S/C12H14BrClN2O2/c1-6(16-12(18)7-4-15-5-7)10-9(17)3-2-8(14)11(10)13/h2-3,6-7,15,17H,4-5H2,1H3,(H,16,18)/t6-/m0/s1. The van der Waals surface area contributed by atoms with E-state index in [2.05, 4.69) is 26.6 Å². The number of halogens is 2. The second kappa shape index (κ2) is 5.47. The summed E-state index contributed by atoms with van der Waals surface area (Å²) in [4.78, 5) is 11.8. The number of carbonyl (C=O) groups is 1. The largest absolute Gasteiger partial charge is 0.508 e. The van der Waals surface area contributed by atoms with Crippen LogP contribution < -0.4 is 10.6 Å². The normalized spacial score (nSPS) is 17.1. The van der Waals surface area contributed by atoms with Gasteiger partial charge in [-0.15, -0.1) is 0 Å². The molecule has 1 amide bonds. The molecule has 1 aromatic rings. The zero-order valence-electron chi connectivity index (χ0n) is 9.84. The van der Waals surface area contributed by atoms with Crippen LogP contribution in [-0.4, -0.2) is 24.1 Å². The van der Waals surface area contributed by atoms with Crippen LogP contribution in [-0.2, 0) is 4.79 Å². The molecular weight excluding hydrogens is 320 g/mol. The fourth-order valence-corrected chi connectivity index (χ4v) is 2.69. The molecule has 4 nitrogen and oxygen atoms in total. The van der Waals surface area contributed by atoms with Crippen molar-refractivity contribution in [2.24, 2.45) is 5.92 Å². The Balaban J connectivity index is 2.15. The van der Waals surface area contributed by atoms with Gasteiger partial charge in [0.1, 0.15) is 5.75 Å². The smallest absolute Gasteiger partial charge is 0.226 e. The highest BCUT2D eigenvalue weighted by Crippen LogP contribution is 2.36. The van der Waals surface area contributed by atoms with Crippen molar-refractivity contribution >= 4 is 33.4 Å². The third kappa shape index (κ3) is 2.63. The number of phenols is 1. The Morgan fingerprint density at radius 1 is 1.61 bits per heavy atom. The molecule has 3 N–H and O–H groups in total. The Kier molecular flexibility index (Phi) is 4.14. The summed E-state index contributed by atoms with van der Waals surface area (Å²) in [5.74, 6) is 0.130. The molecule has 0 radical (unpaired) electrons. The van der Waals surface area contributed by atoms with Gasteiger partial charge in [0, 0.05) is 23.1 Å². The molecule has 98 valence electrons. The van der Waals surface area contributed by atoms with Crippen LogP contribution >= 0.6 is 27.5 Å². The zero-order valence-corrected chi connectivity index (χ0v) is 12.2. The molecule has 2 rings (SSSR count). The van der Waals surface area contributed by atoms with E-state index in [1.54, 1.807) is 6.07 Å². The summed E-state index contributed by atoms with van der Waals surface area (Å²) in [6, 6.07) is 2.83. The maximum atomic E-state index is 11.8. The first kappa shape index (κ1) is 13.6. The average Bonchev–Trinajstić information content (AvgIpc) is 2.21. The van der Waals surface area contributed by atoms with Crippen molar-refractivity contribution in [2.75, 3.05) is 13.1 Å². The molecule has 0 bridgehead atoms. The van der Waals surface area contributed by atoms with E-state index in [1.165, 1.54) is 6.07 Å². The van der Waals surface area contributed by atoms with Crippen molar-refractivity contribution in [2.45, 2.75) is 13.0 Å². The van der Waals surface area contributed by atoms with E-state index in [-0.39, 0.29) is 23.6 Å². The van der Waals surface area contributed by atoms with E-state index in [9.17, 15) is 9.90 Å². The van der Waals surface area contributed by atoms with E-state index < -0.39 is 0 Å². The summed E-state index contributed by atoms with van der Waals surface area (Å²) in [6.07, 6.45) is 0. The maximum absolute atomic E-state index is 11.8. The van der Waals surface area contributed by atoms with Gasteiger partial charge in [0.2, 0.25) is 5.91 Å². The van der Waals surface area contributed by atoms with Gasteiger partial charge in [-0.25, -0.2) is 0 Å². The lowest BCUT2D eigenvalue weighted by Gasteiger charge is -2.28. The van der Waals surface area contributed by atoms with Gasteiger partial charge in [0.25, 0.3) is 0 Å². The molecule has 18 heavy (non-hydrogen) atoms. The van der Waals surface area contributed by atoms with Gasteiger partial charge in [-0.05, 0) is 35.0 Å². The van der Waals surface area contributed by atoms with Crippen LogP contribution in [0.4, 0.5) is 0 Å². The van der Waals surface area contributed by atoms with Gasteiger partial charge < -0.3 is 15.7 Å². The van der Waals surface area contributed by atoms with Crippen LogP contribution in [0.2, 0.25) is 5.02 Å². The first-order chi connectivity index (χ1) is 8.50. The first-order valence-corrected chi connectivity index (χ1v) is 6.85. The van der Waals surface area contributed by atoms with Crippen LogP contribution in [0.25, 0.3) is 0 Å². The molecule has 0 aromatic heterocycles. The number of benzene rings is 1. The van der Waals surface area contributed by atoms with Gasteiger partial charge in [0.15, 0.2) is 0 Å². The van der Waals surface area contributed by atoms with Crippen LogP contribution in [0, 0.1) is 5.92 Å². The summed E-state index contributed by atoms with van der Waals surface area (Å²) >= 11 is 9.32. The Hall–Kier alpha value is -0.780. The number of amides is 1. The van der Waals surface area contributed by atoms with Gasteiger partial charge in [0.05, 0.1) is 17.0 Å². The number of nitrogens with one attached hydrogen (secondary N) is 2. The minimum Gasteiger partial charge on any atom is -0.508 e. The summed E-state index contributed by atoms with van der Waals surface area (Å²) in [6.45, 7) is 3.24. The van der Waals surface area contributed by atoms with Crippen molar-refractivity contribution in [1.29, 1.82) is 0 Å². The van der Waals surface area contributed by atoms with E-state index in [1.807, 2.05) is 6.92 Å². The molecule has 0 aliphatic carbocycles. The van der Waals surface area contributed by atoms with Crippen molar-refractivity contribution in [3.8, 4) is 5.75 Å². The average molecular weight is 334 g/mol. The van der Waals surface area contributed by atoms with Crippen molar-refractivity contribution in [3.63, 3.8) is 0 Å². The highest BCUT2D eigenvalue weighted by Gasteiger charge is 2.27. The van der Waals surface area contributed by atoms with Crippen LogP contribution in [0.1, 0.15) is 18.5 Å². The number of hydrogen-bond donors (Lipinski definition) is 3. The van der Waals surface area contributed by atoms with E-state index >= 15 is 0 Å². The summed E-state index contributed by atoms with van der Waals surface area (Å²) in [7, 11) is 0. The van der Waals surface area contributed by atoms with Crippen LogP contribution in [0.5, 0.6) is 5.75 Å². The molecule has 1 aliphatic heterocycles. The van der Waals surface area contributed by atoms with Crippen molar-refractivity contribution in [3.05, 3.63) is 27.2 Å². The second-order valence-corrected chi connectivity index (χ2v) is 5.58. The number of phenolic OH excluding ortho intramolecular Hbond substituents is 1. The van der Waals surface area contributed by atoms with Gasteiger partial charge in [-0.2, -0.15) is 0 Å². The van der Waals surface area contributed by atoms with E-state index in [0.717, 1.165) is 0 Å². The summed E-state index contributed by atoms with van der Waals surface area (Å²) < 4.78 is 0.615. The van der Waals surface area contributed by atoms with Gasteiger partial charge in [-0.1, -0.05) is 11.6 Å². The highest BCUT2D eigenvalue weighted by atomic mass is 79.9. The molecule has 6 heteroatoms. The van der Waals surface area contributed by atoms with Gasteiger partial charge in [-0.3, -0.25) is 4.79 Å².